The monoisotopic (exact) mass is 300 g/mol. The second kappa shape index (κ2) is 7.09. The zero-order chi connectivity index (χ0) is 15.3. The SMILES string of the molecule is CN(C(=O)NCC1(C(=O)O)CCOCC1)C1CCOCC1. The van der Waals surface area contributed by atoms with Gasteiger partial charge in [-0.2, -0.15) is 0 Å². The lowest BCUT2D eigenvalue weighted by Crippen LogP contribution is -2.51. The summed E-state index contributed by atoms with van der Waals surface area (Å²) in [5, 5.41) is 12.2. The fourth-order valence-corrected chi connectivity index (χ4v) is 2.84. The fraction of sp³-hybridized carbons (Fsp3) is 0.857. The number of carbonyl (C=O) groups excluding carboxylic acids is 1. The first-order valence-electron chi connectivity index (χ1n) is 7.45. The summed E-state index contributed by atoms with van der Waals surface area (Å²) < 4.78 is 10.5. The van der Waals surface area contributed by atoms with Crippen LogP contribution in [0.15, 0.2) is 0 Å². The van der Waals surface area contributed by atoms with E-state index in [1.807, 2.05) is 0 Å². The highest BCUT2D eigenvalue weighted by Gasteiger charge is 2.40. The molecular formula is C14H24N2O5. The van der Waals surface area contributed by atoms with Gasteiger partial charge in [-0.05, 0) is 25.7 Å². The standard InChI is InChI=1S/C14H24N2O5/c1-16(11-2-6-20-7-3-11)13(19)15-10-14(12(17)18)4-8-21-9-5-14/h11H,2-10H2,1H3,(H,15,19)(H,17,18). The average Bonchev–Trinajstić information content (AvgIpc) is 2.53. The Hall–Kier alpha value is -1.34. The molecule has 0 saturated carbocycles. The van der Waals surface area contributed by atoms with Crippen molar-refractivity contribution in [1.82, 2.24) is 10.2 Å². The van der Waals surface area contributed by atoms with Gasteiger partial charge in [-0.1, -0.05) is 0 Å². The van der Waals surface area contributed by atoms with E-state index in [2.05, 4.69) is 5.32 Å². The molecule has 2 rings (SSSR count). The maximum Gasteiger partial charge on any atom is 0.317 e. The molecule has 0 unspecified atom stereocenters. The summed E-state index contributed by atoms with van der Waals surface area (Å²) in [5.41, 5.74) is -0.898. The third kappa shape index (κ3) is 3.85. The number of nitrogens with one attached hydrogen (secondary N) is 1. The Morgan fingerprint density at radius 2 is 1.76 bits per heavy atom. The Morgan fingerprint density at radius 1 is 1.19 bits per heavy atom. The molecule has 120 valence electrons. The van der Waals surface area contributed by atoms with Gasteiger partial charge in [0.05, 0.1) is 5.41 Å². The van der Waals surface area contributed by atoms with E-state index in [-0.39, 0.29) is 18.6 Å². The highest BCUT2D eigenvalue weighted by molar-refractivity contribution is 5.78. The van der Waals surface area contributed by atoms with Crippen LogP contribution >= 0.6 is 0 Å². The Bertz CT molecular complexity index is 376. The van der Waals surface area contributed by atoms with Gasteiger partial charge in [0.2, 0.25) is 0 Å². The van der Waals surface area contributed by atoms with Gasteiger partial charge in [0.15, 0.2) is 0 Å². The number of ether oxygens (including phenoxy) is 2. The summed E-state index contributed by atoms with van der Waals surface area (Å²) in [6.07, 6.45) is 2.51. The van der Waals surface area contributed by atoms with Crippen LogP contribution in [0.3, 0.4) is 0 Å². The van der Waals surface area contributed by atoms with Crippen molar-refractivity contribution < 1.29 is 24.2 Å². The number of carbonyl (C=O) groups is 2. The lowest BCUT2D eigenvalue weighted by molar-refractivity contribution is -0.154. The van der Waals surface area contributed by atoms with Crippen LogP contribution in [-0.2, 0) is 14.3 Å². The zero-order valence-electron chi connectivity index (χ0n) is 12.5. The number of aliphatic carboxylic acids is 1. The molecule has 2 aliphatic heterocycles. The van der Waals surface area contributed by atoms with Crippen molar-refractivity contribution in [2.45, 2.75) is 31.7 Å². The van der Waals surface area contributed by atoms with Gasteiger partial charge in [0, 0.05) is 46.1 Å². The van der Waals surface area contributed by atoms with Crippen LogP contribution in [0.2, 0.25) is 0 Å². The summed E-state index contributed by atoms with van der Waals surface area (Å²) in [4.78, 5) is 25.4. The summed E-state index contributed by atoms with van der Waals surface area (Å²) in [7, 11) is 1.75. The third-order valence-electron chi connectivity index (χ3n) is 4.54. The van der Waals surface area contributed by atoms with Crippen molar-refractivity contribution >= 4 is 12.0 Å². The second-order valence-electron chi connectivity index (χ2n) is 5.81. The first kappa shape index (κ1) is 16.0. The predicted octanol–water partition coefficient (Wildman–Crippen LogP) is 0.688. The quantitative estimate of drug-likeness (QED) is 0.797. The normalized spacial score (nSPS) is 22.5. The Morgan fingerprint density at radius 3 is 2.33 bits per heavy atom. The van der Waals surface area contributed by atoms with E-state index in [0.29, 0.717) is 39.3 Å². The topological polar surface area (TPSA) is 88.1 Å². The molecule has 0 aromatic rings. The Labute approximate surface area is 124 Å². The van der Waals surface area contributed by atoms with Crippen molar-refractivity contribution in [1.29, 1.82) is 0 Å². The molecule has 0 atom stereocenters. The molecule has 2 N–H and O–H groups in total. The highest BCUT2D eigenvalue weighted by Crippen LogP contribution is 2.30. The molecule has 0 spiro atoms. The molecule has 7 heteroatoms. The van der Waals surface area contributed by atoms with Crippen molar-refractivity contribution in [2.24, 2.45) is 5.41 Å². The van der Waals surface area contributed by atoms with E-state index in [1.165, 1.54) is 0 Å². The predicted molar refractivity (Wildman–Crippen MR) is 75.1 cm³/mol. The van der Waals surface area contributed by atoms with Gasteiger partial charge >= 0.3 is 12.0 Å². The Balaban J connectivity index is 1.87. The van der Waals surface area contributed by atoms with E-state index < -0.39 is 11.4 Å². The van der Waals surface area contributed by atoms with Crippen molar-refractivity contribution in [3.63, 3.8) is 0 Å². The molecule has 0 aromatic heterocycles. The number of amides is 2. The minimum absolute atomic E-state index is 0.151. The van der Waals surface area contributed by atoms with Gasteiger partial charge in [0.1, 0.15) is 0 Å². The second-order valence-corrected chi connectivity index (χ2v) is 5.81. The van der Waals surface area contributed by atoms with Crippen molar-refractivity contribution in [2.75, 3.05) is 40.0 Å². The van der Waals surface area contributed by atoms with Crippen LogP contribution in [0.25, 0.3) is 0 Å². The van der Waals surface area contributed by atoms with Crippen LogP contribution in [0.4, 0.5) is 4.79 Å². The number of rotatable bonds is 4. The zero-order valence-corrected chi connectivity index (χ0v) is 12.5. The largest absolute Gasteiger partial charge is 0.481 e. The molecule has 2 fully saturated rings. The summed E-state index contributed by atoms with van der Waals surface area (Å²) in [6, 6.07) is -0.0526. The van der Waals surface area contributed by atoms with Crippen molar-refractivity contribution in [3.05, 3.63) is 0 Å². The maximum atomic E-state index is 12.2. The van der Waals surface area contributed by atoms with Gasteiger partial charge < -0.3 is 24.8 Å². The molecule has 0 aromatic carbocycles. The van der Waals surface area contributed by atoms with E-state index in [0.717, 1.165) is 12.8 Å². The van der Waals surface area contributed by atoms with Crippen LogP contribution in [0.5, 0.6) is 0 Å². The van der Waals surface area contributed by atoms with E-state index >= 15 is 0 Å². The molecule has 21 heavy (non-hydrogen) atoms. The Kier molecular flexibility index (Phi) is 5.41. The van der Waals surface area contributed by atoms with Crippen LogP contribution in [0, 0.1) is 5.41 Å². The minimum Gasteiger partial charge on any atom is -0.481 e. The van der Waals surface area contributed by atoms with Gasteiger partial charge in [-0.3, -0.25) is 4.79 Å². The summed E-state index contributed by atoms with van der Waals surface area (Å²) in [5.74, 6) is -0.861. The molecule has 0 aliphatic carbocycles. The number of urea groups is 1. The first-order valence-corrected chi connectivity index (χ1v) is 7.45. The van der Waals surface area contributed by atoms with Gasteiger partial charge in [0.25, 0.3) is 0 Å². The molecular weight excluding hydrogens is 276 g/mol. The van der Waals surface area contributed by atoms with Gasteiger partial charge in [-0.15, -0.1) is 0 Å². The lowest BCUT2D eigenvalue weighted by atomic mass is 9.80. The minimum atomic E-state index is -0.898. The smallest absolute Gasteiger partial charge is 0.317 e. The van der Waals surface area contributed by atoms with Crippen LogP contribution in [0.1, 0.15) is 25.7 Å². The summed E-state index contributed by atoms with van der Waals surface area (Å²) in [6.45, 7) is 2.34. The highest BCUT2D eigenvalue weighted by atomic mass is 16.5. The molecule has 2 aliphatic rings. The number of nitrogens with zero attached hydrogens (tertiary/aromatic N) is 1. The third-order valence-corrected chi connectivity index (χ3v) is 4.54. The summed E-state index contributed by atoms with van der Waals surface area (Å²) >= 11 is 0. The fourth-order valence-electron chi connectivity index (χ4n) is 2.84. The van der Waals surface area contributed by atoms with E-state index in [1.54, 1.807) is 11.9 Å². The number of hydrogen-bond acceptors (Lipinski definition) is 4. The molecule has 2 saturated heterocycles. The first-order chi connectivity index (χ1) is 10.1. The van der Waals surface area contributed by atoms with E-state index in [9.17, 15) is 14.7 Å². The lowest BCUT2D eigenvalue weighted by Gasteiger charge is -2.35. The average molecular weight is 300 g/mol. The molecule has 0 radical (unpaired) electrons. The molecule has 2 heterocycles. The maximum absolute atomic E-state index is 12.2. The number of carboxylic acids is 1. The van der Waals surface area contributed by atoms with Crippen LogP contribution < -0.4 is 5.32 Å². The molecule has 2 amide bonds. The van der Waals surface area contributed by atoms with Crippen LogP contribution in [-0.4, -0.2) is 68.1 Å². The number of hydrogen-bond donors (Lipinski definition) is 2. The molecule has 7 nitrogen and oxygen atoms in total. The van der Waals surface area contributed by atoms with Gasteiger partial charge in [-0.25, -0.2) is 4.79 Å². The van der Waals surface area contributed by atoms with Crippen molar-refractivity contribution in [3.8, 4) is 0 Å². The van der Waals surface area contributed by atoms with E-state index in [4.69, 9.17) is 9.47 Å². The molecule has 0 bridgehead atoms. The number of carboxylic acid groups (broad SMARTS) is 1.